The Morgan fingerprint density at radius 2 is 0.696 bits per heavy atom. The van der Waals surface area contributed by atoms with E-state index in [9.17, 15) is 0 Å². The van der Waals surface area contributed by atoms with Gasteiger partial charge in [0, 0.05) is 10.1 Å². The summed E-state index contributed by atoms with van der Waals surface area (Å²) >= 11 is 8.68. The van der Waals surface area contributed by atoms with E-state index in [2.05, 4.69) is 99.8 Å². The fourth-order valence-electron chi connectivity index (χ4n) is 4.63. The van der Waals surface area contributed by atoms with Gasteiger partial charge >= 0.3 is 0 Å². The van der Waals surface area contributed by atoms with E-state index >= 15 is 0 Å². The Balaban J connectivity index is 2.80. The van der Waals surface area contributed by atoms with Gasteiger partial charge in [-0.15, -0.1) is 30.6 Å². The van der Waals surface area contributed by atoms with Gasteiger partial charge in [-0.25, -0.2) is 0 Å². The van der Waals surface area contributed by atoms with Crippen LogP contribution in [-0.4, -0.2) is 5.31 Å². The van der Waals surface area contributed by atoms with Crippen molar-refractivity contribution in [1.29, 1.82) is 0 Å². The van der Waals surface area contributed by atoms with Gasteiger partial charge in [0.2, 0.25) is 5.31 Å². The molecule has 0 aromatic heterocycles. The summed E-state index contributed by atoms with van der Waals surface area (Å²) in [6.45, 7) is 23.3. The summed E-state index contributed by atoms with van der Waals surface area (Å²) in [4.78, 5) is 0. The Morgan fingerprint density at radius 3 is 0.870 bits per heavy atom. The summed E-state index contributed by atoms with van der Waals surface area (Å²) in [5.74, 6) is 0. The summed E-state index contributed by atoms with van der Waals surface area (Å²) < 4.78 is 0. The van der Waals surface area contributed by atoms with Crippen LogP contribution in [0.1, 0.15) is 69.2 Å². The fraction of sp³-hybridized carbons (Fsp3) is 0.600. The third kappa shape index (κ3) is 2.05. The summed E-state index contributed by atoms with van der Waals surface area (Å²) in [5.41, 5.74) is 12.0. The zero-order valence-electron chi connectivity index (χ0n) is 16.3. The van der Waals surface area contributed by atoms with Crippen molar-refractivity contribution >= 4 is 35.9 Å². The molecule has 0 saturated heterocycles. The maximum Gasteiger partial charge on any atom is 0.228 e. The summed E-state index contributed by atoms with van der Waals surface area (Å²) in [7, 11) is 0. The molecule has 0 aliphatic heterocycles. The molecule has 0 aromatic rings. The Hall–Kier alpha value is 0.137. The summed E-state index contributed by atoms with van der Waals surface area (Å²) in [5, 5.41) is -1.97. The second-order valence-electron chi connectivity index (χ2n) is 7.82. The van der Waals surface area contributed by atoms with Crippen LogP contribution in [0.3, 0.4) is 0 Å². The highest BCUT2D eigenvalue weighted by atomic mass is 79.9. The van der Waals surface area contributed by atoms with Gasteiger partial charge < -0.3 is 0 Å². The lowest BCUT2D eigenvalue weighted by molar-refractivity contribution is 0.737. The van der Waals surface area contributed by atoms with E-state index in [0.717, 1.165) is 0 Å². The average Bonchev–Trinajstić information content (AvgIpc) is 2.76. The van der Waals surface area contributed by atoms with Crippen molar-refractivity contribution in [3.63, 3.8) is 0 Å². The maximum absolute atomic E-state index is 4.34. The quantitative estimate of drug-likeness (QED) is 0.290. The van der Waals surface area contributed by atoms with Gasteiger partial charge in [0.1, 0.15) is 0 Å². The molecule has 0 spiro atoms. The van der Waals surface area contributed by atoms with E-state index in [1.54, 1.807) is 0 Å². The van der Waals surface area contributed by atoms with Crippen LogP contribution < -0.4 is 0 Å². The van der Waals surface area contributed by atoms with E-state index in [-0.39, 0.29) is 10.1 Å². The molecule has 0 unspecified atom stereocenters. The smallest absolute Gasteiger partial charge is 0.108 e. The van der Waals surface area contributed by atoms with Gasteiger partial charge in [0.15, 0.2) is 0 Å². The molecule has 23 heavy (non-hydrogen) atoms. The topological polar surface area (TPSA) is 0 Å². The van der Waals surface area contributed by atoms with Crippen LogP contribution in [0, 0.1) is 0 Å². The predicted octanol–water partition coefficient (Wildman–Crippen LogP) is 8.11. The van der Waals surface area contributed by atoms with E-state index in [0.29, 0.717) is 0 Å². The average molecular weight is 458 g/mol. The molecule has 3 heteroatoms. The Bertz CT molecular complexity index is 606. The minimum atomic E-state index is -2.11. The van der Waals surface area contributed by atoms with Crippen LogP contribution in [-0.2, 0) is 0 Å². The second kappa shape index (κ2) is 5.57. The molecule has 0 aromatic carbocycles. The van der Waals surface area contributed by atoms with Gasteiger partial charge in [0.25, 0.3) is 0 Å². The first-order chi connectivity index (χ1) is 10.3. The Morgan fingerprint density at radius 1 is 0.522 bits per heavy atom. The van der Waals surface area contributed by atoms with Crippen LogP contribution in [0.4, 0.5) is 0 Å². The van der Waals surface area contributed by atoms with Gasteiger partial charge in [0.05, 0.1) is 0 Å². The predicted molar refractivity (Wildman–Crippen MR) is 114 cm³/mol. The monoisotopic (exact) mass is 456 g/mol. The number of halogens is 2. The van der Waals surface area contributed by atoms with Crippen LogP contribution in [0.2, 0.25) is 10.1 Å². The normalized spacial score (nSPS) is 24.5. The molecule has 128 valence electrons. The molecule has 2 rings (SSSR count). The molecule has 0 bridgehead atoms. The van der Waals surface area contributed by atoms with Crippen molar-refractivity contribution in [3.05, 3.63) is 44.6 Å². The standard InChI is InChI=1S/C20H30Br2Si/c1-11-12(2)16(6)19(9,15(11)5)23(21,22)20(10)17(7)13(3)14(4)18(20)8/h1-10H3. The molecule has 0 N–H and O–H groups in total. The lowest BCUT2D eigenvalue weighted by Crippen LogP contribution is -2.47. The summed E-state index contributed by atoms with van der Waals surface area (Å²) in [6.07, 6.45) is 0. The lowest BCUT2D eigenvalue weighted by Gasteiger charge is -2.50. The molecular weight excluding hydrogens is 428 g/mol. The molecule has 0 amide bonds. The van der Waals surface area contributed by atoms with Gasteiger partial charge in [-0.1, -0.05) is 36.1 Å². The highest BCUT2D eigenvalue weighted by Gasteiger charge is 2.64. The van der Waals surface area contributed by atoms with Crippen molar-refractivity contribution < 1.29 is 0 Å². The molecule has 0 saturated carbocycles. The Kier molecular flexibility index (Phi) is 4.71. The minimum absolute atomic E-state index is 0.0728. The minimum Gasteiger partial charge on any atom is -0.108 e. The third-order valence-corrected chi connectivity index (χ3v) is 21.2. The van der Waals surface area contributed by atoms with Crippen molar-refractivity contribution in [1.82, 2.24) is 0 Å². The molecule has 0 atom stereocenters. The first-order valence-electron chi connectivity index (χ1n) is 8.38. The fourth-order valence-corrected chi connectivity index (χ4v) is 15.4. The number of hydrogen-bond donors (Lipinski definition) is 0. The number of rotatable bonds is 2. The third-order valence-electron chi connectivity index (χ3n) is 7.63. The SMILES string of the molecule is CC1=C(C)C(C)([Si](Br)(Br)C2(C)C(C)=C(C)C(C)=C2C)C(C)=C1C. The second-order valence-corrected chi connectivity index (χ2v) is 21.3. The van der Waals surface area contributed by atoms with Crippen LogP contribution in [0.5, 0.6) is 0 Å². The van der Waals surface area contributed by atoms with E-state index in [4.69, 9.17) is 0 Å². The van der Waals surface area contributed by atoms with Gasteiger partial charge in [-0.05, 0) is 77.7 Å². The van der Waals surface area contributed by atoms with Crippen LogP contribution in [0.25, 0.3) is 0 Å². The van der Waals surface area contributed by atoms with Crippen molar-refractivity contribution in [2.24, 2.45) is 0 Å². The largest absolute Gasteiger partial charge is 0.228 e. The van der Waals surface area contributed by atoms with Crippen molar-refractivity contribution in [2.75, 3.05) is 0 Å². The molecule has 2 aliphatic carbocycles. The molecule has 0 fully saturated rings. The zero-order chi connectivity index (χ0) is 18.1. The molecule has 0 radical (unpaired) electrons. The van der Waals surface area contributed by atoms with Gasteiger partial charge in [-0.3, -0.25) is 0 Å². The van der Waals surface area contributed by atoms with Crippen LogP contribution in [0.15, 0.2) is 44.6 Å². The molecular formula is C20H30Br2Si. The first kappa shape index (κ1) is 19.5. The molecule has 2 aliphatic rings. The van der Waals surface area contributed by atoms with E-state index in [1.807, 2.05) is 0 Å². The Labute approximate surface area is 159 Å². The van der Waals surface area contributed by atoms with Gasteiger partial charge in [-0.2, -0.15) is 0 Å². The first-order valence-corrected chi connectivity index (χ1v) is 14.9. The maximum atomic E-state index is 4.34. The van der Waals surface area contributed by atoms with E-state index in [1.165, 1.54) is 44.6 Å². The molecule has 0 nitrogen and oxygen atoms in total. The highest BCUT2D eigenvalue weighted by molar-refractivity contribution is 9.51. The summed E-state index contributed by atoms with van der Waals surface area (Å²) in [6, 6.07) is 0. The lowest BCUT2D eigenvalue weighted by atomic mass is 9.96. The molecule has 0 heterocycles. The van der Waals surface area contributed by atoms with Crippen molar-refractivity contribution in [3.8, 4) is 0 Å². The van der Waals surface area contributed by atoms with E-state index < -0.39 is 5.31 Å². The zero-order valence-corrected chi connectivity index (χ0v) is 20.4. The van der Waals surface area contributed by atoms with Crippen molar-refractivity contribution in [2.45, 2.75) is 79.3 Å². The number of allylic oxidation sites excluding steroid dienone is 8. The highest BCUT2D eigenvalue weighted by Crippen LogP contribution is 2.74. The van der Waals surface area contributed by atoms with Crippen LogP contribution >= 0.6 is 30.6 Å². The number of hydrogen-bond acceptors (Lipinski definition) is 0.